The lowest BCUT2D eigenvalue weighted by molar-refractivity contribution is -1.04. The summed E-state index contributed by atoms with van der Waals surface area (Å²) in [5.74, 6) is 0. The fraction of sp³-hybridized carbons (Fsp3) is 0.800. The molecule has 0 radical (unpaired) electrons. The second-order valence-corrected chi connectivity index (χ2v) is 1.96. The molecule has 0 rings (SSSR count). The number of hydrogen-bond acceptors (Lipinski definition) is 5. The summed E-state index contributed by atoms with van der Waals surface area (Å²) in [4.78, 5) is 0. The van der Waals surface area contributed by atoms with Gasteiger partial charge in [0.25, 0.3) is 0 Å². The van der Waals surface area contributed by atoms with Crippen LogP contribution in [0.15, 0.2) is 0 Å². The van der Waals surface area contributed by atoms with E-state index < -0.39 is 24.9 Å². The van der Waals surface area contributed by atoms with Crippen LogP contribution in [0, 0.1) is 0 Å². The highest BCUT2D eigenvalue weighted by Crippen LogP contribution is 1.96. The van der Waals surface area contributed by atoms with Crippen molar-refractivity contribution in [3.63, 3.8) is 0 Å². The molecule has 0 heterocycles. The first kappa shape index (κ1) is 10.3. The Labute approximate surface area is 62.6 Å². The summed E-state index contributed by atoms with van der Waals surface area (Å²) >= 11 is 0. The summed E-state index contributed by atoms with van der Waals surface area (Å²) in [5, 5.41) is 43.9. The molecular formula is C5H10O6. The van der Waals surface area contributed by atoms with Gasteiger partial charge in [0.05, 0.1) is 6.61 Å². The van der Waals surface area contributed by atoms with E-state index in [9.17, 15) is 5.26 Å². The second kappa shape index (κ2) is 5.03. The molecule has 0 saturated carbocycles. The van der Waals surface area contributed by atoms with Gasteiger partial charge in [-0.3, -0.25) is 0 Å². The Morgan fingerprint density at radius 2 is 1.91 bits per heavy atom. The van der Waals surface area contributed by atoms with Crippen molar-refractivity contribution >= 4 is 6.29 Å². The number of aliphatic hydroxyl groups excluding tert-OH is 4. The van der Waals surface area contributed by atoms with Crippen molar-refractivity contribution in [1.29, 1.82) is 0 Å². The lowest BCUT2D eigenvalue weighted by atomic mass is 10.1. The van der Waals surface area contributed by atoms with Crippen LogP contribution in [0.1, 0.15) is 0 Å². The van der Waals surface area contributed by atoms with Crippen molar-refractivity contribution in [3.8, 4) is 0 Å². The van der Waals surface area contributed by atoms with E-state index in [-0.39, 0.29) is 0 Å². The zero-order chi connectivity index (χ0) is 8.85. The van der Waals surface area contributed by atoms with E-state index >= 15 is 0 Å². The summed E-state index contributed by atoms with van der Waals surface area (Å²) in [6, 6.07) is 0. The highest BCUT2D eigenvalue weighted by molar-refractivity contribution is 5.56. The molecule has 6 nitrogen and oxygen atoms in total. The number of aldehydes is 1. The lowest BCUT2D eigenvalue weighted by Crippen LogP contribution is -2.40. The maximum Gasteiger partial charge on any atom is 0.349 e. The van der Waals surface area contributed by atoms with Crippen molar-refractivity contribution in [3.05, 3.63) is 0 Å². The first-order valence-electron chi connectivity index (χ1n) is 2.90. The summed E-state index contributed by atoms with van der Waals surface area (Å²) in [7, 11) is 0. The molecule has 0 aliphatic heterocycles. The maximum absolute atomic E-state index is 9.38. The Kier molecular flexibility index (Phi) is 4.71. The normalized spacial score (nSPS) is 20.0. The Hall–Kier alpha value is -0.690. The second-order valence-electron chi connectivity index (χ2n) is 1.96. The van der Waals surface area contributed by atoms with Crippen LogP contribution >= 0.6 is 0 Å². The molecule has 66 valence electrons. The number of hydrogen-bond donors (Lipinski definition) is 4. The zero-order valence-electron chi connectivity index (χ0n) is 5.62. The van der Waals surface area contributed by atoms with E-state index in [1.807, 2.05) is 0 Å². The van der Waals surface area contributed by atoms with E-state index in [0.717, 1.165) is 0 Å². The third-order valence-electron chi connectivity index (χ3n) is 1.13. The Balaban J connectivity index is 3.90. The molecule has 0 aromatic rings. The standard InChI is InChI=1S/C5H10O6/c6-1-3(7)5(9)4(8)2-11-10/h2-9H,1H2/t3-,4-,5-/m0/s1. The summed E-state index contributed by atoms with van der Waals surface area (Å²) in [6.07, 6.45) is -4.30. The number of aliphatic hydroxyl groups is 4. The minimum Gasteiger partial charge on any atom is -0.463 e. The van der Waals surface area contributed by atoms with E-state index in [4.69, 9.17) is 20.4 Å². The molecule has 0 spiro atoms. The van der Waals surface area contributed by atoms with E-state index in [0.29, 0.717) is 6.29 Å². The van der Waals surface area contributed by atoms with Crippen LogP contribution in [0.2, 0.25) is 0 Å². The fourth-order valence-electron chi connectivity index (χ4n) is 0.473. The molecule has 3 atom stereocenters. The quantitative estimate of drug-likeness (QED) is 0.147. The van der Waals surface area contributed by atoms with Crippen LogP contribution in [0.5, 0.6) is 0 Å². The molecule has 0 bridgehead atoms. The molecular weight excluding hydrogens is 156 g/mol. The first-order chi connectivity index (χ1) is 5.13. The summed E-state index contributed by atoms with van der Waals surface area (Å²) in [5.41, 5.74) is 0. The van der Waals surface area contributed by atoms with Crippen molar-refractivity contribution in [1.82, 2.24) is 0 Å². The van der Waals surface area contributed by atoms with Crippen LogP contribution in [0.3, 0.4) is 0 Å². The fourth-order valence-corrected chi connectivity index (χ4v) is 0.473. The minimum absolute atomic E-state index is 0.406. The Morgan fingerprint density at radius 3 is 2.27 bits per heavy atom. The molecule has 0 aromatic carbocycles. The molecule has 0 aliphatic carbocycles. The van der Waals surface area contributed by atoms with Gasteiger partial charge in [-0.25, -0.2) is 0 Å². The molecule has 0 fully saturated rings. The van der Waals surface area contributed by atoms with Gasteiger partial charge >= 0.3 is 6.29 Å². The van der Waals surface area contributed by atoms with Crippen molar-refractivity contribution in [2.45, 2.75) is 18.3 Å². The van der Waals surface area contributed by atoms with Gasteiger partial charge in [-0.15, -0.1) is 0 Å². The summed E-state index contributed by atoms with van der Waals surface area (Å²) in [6.45, 7) is -0.703. The van der Waals surface area contributed by atoms with Crippen molar-refractivity contribution < 1.29 is 30.3 Å². The average Bonchev–Trinajstić information content (AvgIpc) is 2.02. The van der Waals surface area contributed by atoms with Gasteiger partial charge in [0.1, 0.15) is 12.2 Å². The van der Waals surface area contributed by atoms with Gasteiger partial charge in [0.15, 0.2) is 6.10 Å². The van der Waals surface area contributed by atoms with Gasteiger partial charge in [0.2, 0.25) is 0 Å². The van der Waals surface area contributed by atoms with Gasteiger partial charge < -0.3 is 25.7 Å². The van der Waals surface area contributed by atoms with E-state index in [1.165, 1.54) is 0 Å². The van der Waals surface area contributed by atoms with Crippen LogP contribution in [-0.4, -0.2) is 51.6 Å². The van der Waals surface area contributed by atoms with Gasteiger partial charge in [0, 0.05) is 0 Å². The van der Waals surface area contributed by atoms with Gasteiger partial charge in [-0.1, -0.05) is 0 Å². The van der Waals surface area contributed by atoms with E-state index in [1.54, 1.807) is 0 Å². The molecule has 4 N–H and O–H groups in total. The molecule has 6 heteroatoms. The van der Waals surface area contributed by atoms with Crippen LogP contribution < -0.4 is 5.26 Å². The van der Waals surface area contributed by atoms with Gasteiger partial charge in [-0.2, -0.15) is 4.58 Å². The molecule has 0 aliphatic rings. The largest absolute Gasteiger partial charge is 0.463 e. The van der Waals surface area contributed by atoms with Crippen molar-refractivity contribution in [2.24, 2.45) is 0 Å². The average molecular weight is 166 g/mol. The van der Waals surface area contributed by atoms with Gasteiger partial charge in [-0.05, 0) is 0 Å². The Morgan fingerprint density at radius 1 is 1.36 bits per heavy atom. The molecule has 11 heavy (non-hydrogen) atoms. The predicted molar refractivity (Wildman–Crippen MR) is 31.2 cm³/mol. The highest BCUT2D eigenvalue weighted by atomic mass is 17.1. The minimum atomic E-state index is -1.62. The molecule has 0 aromatic heterocycles. The zero-order valence-corrected chi connectivity index (χ0v) is 5.62. The van der Waals surface area contributed by atoms with E-state index in [2.05, 4.69) is 4.58 Å². The highest BCUT2D eigenvalue weighted by Gasteiger charge is 2.26. The van der Waals surface area contributed by atoms with Crippen molar-refractivity contribution in [2.75, 3.05) is 6.61 Å². The van der Waals surface area contributed by atoms with Crippen LogP contribution in [0.25, 0.3) is 0 Å². The third-order valence-corrected chi connectivity index (χ3v) is 1.13. The number of rotatable bonds is 4. The van der Waals surface area contributed by atoms with Crippen LogP contribution in [-0.2, 0) is 4.58 Å². The smallest absolute Gasteiger partial charge is 0.349 e. The Bertz CT molecular complexity index is 124. The number of carbonyl (C=O) groups excluding carboxylic acids is 1. The first-order valence-corrected chi connectivity index (χ1v) is 2.90. The monoisotopic (exact) mass is 166 g/mol. The topological polar surface area (TPSA) is 115 Å². The summed E-state index contributed by atoms with van der Waals surface area (Å²) < 4.78 is 3.14. The third kappa shape index (κ3) is 3.28. The molecule has 0 unspecified atom stereocenters. The van der Waals surface area contributed by atoms with Crippen LogP contribution in [0.4, 0.5) is 0 Å². The maximum atomic E-state index is 9.38. The lowest BCUT2D eigenvalue weighted by Gasteiger charge is -2.14. The molecule has 0 saturated heterocycles. The SMILES string of the molecule is [O-][O+]=C[C@H](O)[C@@H](O)[C@@H](O)CO. The molecule has 0 amide bonds. The predicted octanol–water partition coefficient (Wildman–Crippen LogP) is -3.93.